The largest absolute Gasteiger partial charge is 0.395 e. The van der Waals surface area contributed by atoms with Gasteiger partial charge < -0.3 is 14.2 Å². The molecule has 80 valence electrons. The summed E-state index contributed by atoms with van der Waals surface area (Å²) in [4.78, 5) is 8.49. The fraction of sp³-hybridized carbons (Fsp3) is 0.400. The molecule has 0 bridgehead atoms. The first-order valence-corrected chi connectivity index (χ1v) is 4.88. The molecule has 2 aromatic rings. The number of imidazole rings is 2. The lowest BCUT2D eigenvalue weighted by atomic mass is 10.3. The predicted molar refractivity (Wildman–Crippen MR) is 55.3 cm³/mol. The highest BCUT2D eigenvalue weighted by molar-refractivity contribution is 5.04. The standard InChI is InChI=1S/C10H14N4O/c1-13-4-2-11-9(13)8-10-12-3-5-14(10)6-7-15/h2-5,15H,6-8H2,1H3. The van der Waals surface area contributed by atoms with Gasteiger partial charge in [0.05, 0.1) is 13.0 Å². The van der Waals surface area contributed by atoms with Crippen LogP contribution in [0.2, 0.25) is 0 Å². The SMILES string of the molecule is Cn1ccnc1Cc1nccn1CCO. The van der Waals surface area contributed by atoms with Gasteiger partial charge >= 0.3 is 0 Å². The molecule has 15 heavy (non-hydrogen) atoms. The zero-order valence-electron chi connectivity index (χ0n) is 8.67. The number of aliphatic hydroxyl groups is 1. The van der Waals surface area contributed by atoms with Crippen LogP contribution in [0.15, 0.2) is 24.8 Å². The first-order valence-electron chi connectivity index (χ1n) is 4.88. The van der Waals surface area contributed by atoms with E-state index in [4.69, 9.17) is 5.11 Å². The van der Waals surface area contributed by atoms with Crippen LogP contribution in [-0.2, 0) is 20.0 Å². The average molecular weight is 206 g/mol. The molecule has 0 saturated heterocycles. The normalized spacial score (nSPS) is 10.8. The van der Waals surface area contributed by atoms with Gasteiger partial charge in [-0.3, -0.25) is 0 Å². The van der Waals surface area contributed by atoms with E-state index < -0.39 is 0 Å². The third kappa shape index (κ3) is 2.07. The topological polar surface area (TPSA) is 55.9 Å². The Hall–Kier alpha value is -1.62. The molecule has 5 heteroatoms. The highest BCUT2D eigenvalue weighted by Gasteiger charge is 2.06. The zero-order chi connectivity index (χ0) is 10.7. The van der Waals surface area contributed by atoms with Crippen LogP contribution in [0.1, 0.15) is 11.6 Å². The number of aromatic nitrogens is 4. The highest BCUT2D eigenvalue weighted by Crippen LogP contribution is 2.05. The van der Waals surface area contributed by atoms with Crippen molar-refractivity contribution in [2.24, 2.45) is 7.05 Å². The number of hydrogen-bond donors (Lipinski definition) is 1. The number of aliphatic hydroxyl groups excluding tert-OH is 1. The molecular formula is C10H14N4O. The maximum absolute atomic E-state index is 8.87. The molecule has 1 N–H and O–H groups in total. The van der Waals surface area contributed by atoms with Gasteiger partial charge in [0.2, 0.25) is 0 Å². The second-order valence-corrected chi connectivity index (χ2v) is 3.39. The summed E-state index contributed by atoms with van der Waals surface area (Å²) in [6.07, 6.45) is 7.99. The minimum absolute atomic E-state index is 0.129. The van der Waals surface area contributed by atoms with Crippen LogP contribution in [0.4, 0.5) is 0 Å². The monoisotopic (exact) mass is 206 g/mol. The second-order valence-electron chi connectivity index (χ2n) is 3.39. The summed E-state index contributed by atoms with van der Waals surface area (Å²) >= 11 is 0. The van der Waals surface area contributed by atoms with Crippen LogP contribution in [0.3, 0.4) is 0 Å². The minimum Gasteiger partial charge on any atom is -0.395 e. The highest BCUT2D eigenvalue weighted by atomic mass is 16.3. The molecule has 0 radical (unpaired) electrons. The van der Waals surface area contributed by atoms with E-state index in [1.807, 2.05) is 28.6 Å². The molecule has 0 aliphatic carbocycles. The summed E-state index contributed by atoms with van der Waals surface area (Å²) in [5.74, 6) is 1.90. The van der Waals surface area contributed by atoms with E-state index in [9.17, 15) is 0 Å². The predicted octanol–water partition coefficient (Wildman–Crippen LogP) is 0.200. The third-order valence-electron chi connectivity index (χ3n) is 2.38. The van der Waals surface area contributed by atoms with Gasteiger partial charge in [-0.25, -0.2) is 9.97 Å². The van der Waals surface area contributed by atoms with Crippen molar-refractivity contribution in [1.82, 2.24) is 19.1 Å². The zero-order valence-corrected chi connectivity index (χ0v) is 8.67. The van der Waals surface area contributed by atoms with Crippen molar-refractivity contribution in [3.05, 3.63) is 36.4 Å². The Labute approximate surface area is 88.0 Å². The Morgan fingerprint density at radius 2 is 1.93 bits per heavy atom. The summed E-state index contributed by atoms with van der Waals surface area (Å²) in [5, 5.41) is 8.87. The molecule has 5 nitrogen and oxygen atoms in total. The van der Waals surface area contributed by atoms with Crippen molar-refractivity contribution >= 4 is 0 Å². The smallest absolute Gasteiger partial charge is 0.116 e. The molecular weight excluding hydrogens is 192 g/mol. The van der Waals surface area contributed by atoms with E-state index in [1.165, 1.54) is 0 Å². The lowest BCUT2D eigenvalue weighted by Crippen LogP contribution is -2.08. The van der Waals surface area contributed by atoms with Gasteiger partial charge in [-0.2, -0.15) is 0 Å². The lowest BCUT2D eigenvalue weighted by Gasteiger charge is -2.05. The van der Waals surface area contributed by atoms with Crippen LogP contribution in [-0.4, -0.2) is 30.8 Å². The van der Waals surface area contributed by atoms with E-state index in [2.05, 4.69) is 9.97 Å². The van der Waals surface area contributed by atoms with Crippen LogP contribution in [0.25, 0.3) is 0 Å². The molecule has 0 fully saturated rings. The van der Waals surface area contributed by atoms with Gasteiger partial charge in [-0.05, 0) is 0 Å². The summed E-state index contributed by atoms with van der Waals surface area (Å²) in [6.45, 7) is 0.712. The Morgan fingerprint density at radius 3 is 2.60 bits per heavy atom. The van der Waals surface area contributed by atoms with Crippen LogP contribution in [0, 0.1) is 0 Å². The van der Waals surface area contributed by atoms with Crippen LogP contribution >= 0.6 is 0 Å². The van der Waals surface area contributed by atoms with Crippen LogP contribution in [0.5, 0.6) is 0 Å². The maximum Gasteiger partial charge on any atom is 0.116 e. The van der Waals surface area contributed by atoms with E-state index in [0.717, 1.165) is 11.6 Å². The van der Waals surface area contributed by atoms with Gasteiger partial charge in [0.1, 0.15) is 11.6 Å². The molecule has 0 aliphatic heterocycles. The molecule has 0 aliphatic rings. The van der Waals surface area contributed by atoms with Crippen LogP contribution < -0.4 is 0 Å². The number of hydrogen-bond acceptors (Lipinski definition) is 3. The van der Waals surface area contributed by atoms with Gasteiger partial charge in [0.25, 0.3) is 0 Å². The van der Waals surface area contributed by atoms with Gasteiger partial charge in [-0.15, -0.1) is 0 Å². The first kappa shape index (κ1) is 9.92. The Bertz CT molecular complexity index is 432. The molecule has 2 rings (SSSR count). The summed E-state index contributed by atoms with van der Waals surface area (Å²) in [6, 6.07) is 0. The van der Waals surface area contributed by atoms with E-state index in [-0.39, 0.29) is 6.61 Å². The number of rotatable bonds is 4. The first-order chi connectivity index (χ1) is 7.31. The molecule has 0 unspecified atom stereocenters. The van der Waals surface area contributed by atoms with E-state index in [1.54, 1.807) is 12.4 Å². The number of nitrogens with zero attached hydrogens (tertiary/aromatic N) is 4. The quantitative estimate of drug-likeness (QED) is 0.777. The van der Waals surface area contributed by atoms with Crippen molar-refractivity contribution < 1.29 is 5.11 Å². The molecule has 0 atom stereocenters. The van der Waals surface area contributed by atoms with E-state index >= 15 is 0 Å². The molecule has 0 aromatic carbocycles. The molecule has 0 saturated carbocycles. The minimum atomic E-state index is 0.129. The summed E-state index contributed by atoms with van der Waals surface area (Å²) in [5.41, 5.74) is 0. The average Bonchev–Trinajstić information content (AvgIpc) is 2.80. The molecule has 2 aromatic heterocycles. The molecule has 0 spiro atoms. The molecule has 0 amide bonds. The fourth-order valence-corrected chi connectivity index (χ4v) is 1.53. The van der Waals surface area contributed by atoms with Gasteiger partial charge in [0, 0.05) is 38.4 Å². The van der Waals surface area contributed by atoms with Crippen molar-refractivity contribution in [3.8, 4) is 0 Å². The van der Waals surface area contributed by atoms with Crippen molar-refractivity contribution in [1.29, 1.82) is 0 Å². The van der Waals surface area contributed by atoms with Crippen molar-refractivity contribution in [2.45, 2.75) is 13.0 Å². The fourth-order valence-electron chi connectivity index (χ4n) is 1.53. The van der Waals surface area contributed by atoms with Gasteiger partial charge in [0.15, 0.2) is 0 Å². The second kappa shape index (κ2) is 4.27. The number of aryl methyl sites for hydroxylation is 1. The summed E-state index contributed by atoms with van der Waals surface area (Å²) in [7, 11) is 1.96. The Morgan fingerprint density at radius 1 is 1.20 bits per heavy atom. The molecule has 2 heterocycles. The maximum atomic E-state index is 8.87. The lowest BCUT2D eigenvalue weighted by molar-refractivity contribution is 0.274. The third-order valence-corrected chi connectivity index (χ3v) is 2.38. The Balaban J connectivity index is 2.17. The van der Waals surface area contributed by atoms with E-state index in [0.29, 0.717) is 13.0 Å². The Kier molecular flexibility index (Phi) is 2.82. The van der Waals surface area contributed by atoms with Crippen molar-refractivity contribution in [3.63, 3.8) is 0 Å². The van der Waals surface area contributed by atoms with Gasteiger partial charge in [-0.1, -0.05) is 0 Å². The van der Waals surface area contributed by atoms with Crippen molar-refractivity contribution in [2.75, 3.05) is 6.61 Å². The summed E-state index contributed by atoms with van der Waals surface area (Å²) < 4.78 is 3.91.